The highest BCUT2D eigenvalue weighted by Gasteiger charge is 2.28. The smallest absolute Gasteiger partial charge is 0.257 e. The minimum absolute atomic E-state index is 0.104. The molecule has 3 heterocycles. The number of anilines is 2. The van der Waals surface area contributed by atoms with Gasteiger partial charge in [0.1, 0.15) is 5.15 Å². The molecule has 4 rings (SSSR count). The normalized spacial score (nSPS) is 17.9. The van der Waals surface area contributed by atoms with Gasteiger partial charge < -0.3 is 15.0 Å². The predicted molar refractivity (Wildman–Crippen MR) is 124 cm³/mol. The van der Waals surface area contributed by atoms with E-state index in [4.69, 9.17) is 27.9 Å². The molecule has 1 aromatic heterocycles. The number of hydrogen-bond donors (Lipinski definition) is 1. The molecule has 2 aliphatic heterocycles. The number of morpholine rings is 1. The molecule has 2 aromatic rings. The number of hydrogen-bond acceptors (Lipinski definition) is 6. The summed E-state index contributed by atoms with van der Waals surface area (Å²) in [7, 11) is -3.66. The van der Waals surface area contributed by atoms with Crippen molar-refractivity contribution in [1.29, 1.82) is 0 Å². The van der Waals surface area contributed by atoms with Crippen LogP contribution in [0.3, 0.4) is 0 Å². The Balaban J connectivity index is 1.68. The van der Waals surface area contributed by atoms with E-state index in [1.54, 1.807) is 12.1 Å². The molecule has 172 valence electrons. The van der Waals surface area contributed by atoms with Gasteiger partial charge in [-0.25, -0.2) is 13.4 Å². The SMILES string of the molecule is O=C(Nc1cc(S(=O)(=O)N2CCCCC2)ccc1N1CCOCC1)c1cnc(Cl)c(Cl)c1. The second kappa shape index (κ2) is 9.93. The molecule has 1 N–H and O–H groups in total. The number of halogens is 2. The monoisotopic (exact) mass is 498 g/mol. The van der Waals surface area contributed by atoms with Gasteiger partial charge in [0.2, 0.25) is 10.0 Å². The molecule has 0 aliphatic carbocycles. The van der Waals surface area contributed by atoms with Crippen molar-refractivity contribution in [3.63, 3.8) is 0 Å². The van der Waals surface area contributed by atoms with Crippen molar-refractivity contribution in [3.8, 4) is 0 Å². The highest BCUT2D eigenvalue weighted by molar-refractivity contribution is 7.89. The number of piperidine rings is 1. The summed E-state index contributed by atoms with van der Waals surface area (Å²) in [5.74, 6) is -0.460. The minimum atomic E-state index is -3.66. The lowest BCUT2D eigenvalue weighted by molar-refractivity contribution is 0.102. The summed E-state index contributed by atoms with van der Waals surface area (Å²) < 4.78 is 33.3. The van der Waals surface area contributed by atoms with E-state index in [1.807, 2.05) is 0 Å². The highest BCUT2D eigenvalue weighted by atomic mass is 35.5. The maximum atomic E-state index is 13.2. The van der Waals surface area contributed by atoms with Crippen LogP contribution < -0.4 is 10.2 Å². The van der Waals surface area contributed by atoms with Crippen LogP contribution in [0, 0.1) is 0 Å². The first-order chi connectivity index (χ1) is 15.4. The topological polar surface area (TPSA) is 91.8 Å². The van der Waals surface area contributed by atoms with Gasteiger partial charge in [-0.1, -0.05) is 29.6 Å². The number of benzene rings is 1. The van der Waals surface area contributed by atoms with Crippen molar-refractivity contribution < 1.29 is 17.9 Å². The largest absolute Gasteiger partial charge is 0.378 e. The third-order valence-electron chi connectivity index (χ3n) is 5.58. The van der Waals surface area contributed by atoms with E-state index in [9.17, 15) is 13.2 Å². The predicted octanol–water partition coefficient (Wildman–Crippen LogP) is 3.65. The average Bonchev–Trinajstić information content (AvgIpc) is 2.82. The Hall–Kier alpha value is -1.91. The van der Waals surface area contributed by atoms with Gasteiger partial charge >= 0.3 is 0 Å². The number of ether oxygens (including phenoxy) is 1. The summed E-state index contributed by atoms with van der Waals surface area (Å²) in [4.78, 5) is 19.0. The van der Waals surface area contributed by atoms with Crippen molar-refractivity contribution in [1.82, 2.24) is 9.29 Å². The lowest BCUT2D eigenvalue weighted by Gasteiger charge is -2.31. The summed E-state index contributed by atoms with van der Waals surface area (Å²) >= 11 is 11.9. The zero-order valence-electron chi connectivity index (χ0n) is 17.4. The van der Waals surface area contributed by atoms with Crippen molar-refractivity contribution in [2.45, 2.75) is 24.2 Å². The van der Waals surface area contributed by atoms with Crippen LogP contribution in [0.15, 0.2) is 35.4 Å². The van der Waals surface area contributed by atoms with E-state index in [0.29, 0.717) is 45.1 Å². The summed E-state index contributed by atoms with van der Waals surface area (Å²) in [6.07, 6.45) is 4.05. The van der Waals surface area contributed by atoms with Crippen LogP contribution in [-0.2, 0) is 14.8 Å². The van der Waals surface area contributed by atoms with Crippen LogP contribution in [0.4, 0.5) is 11.4 Å². The third-order valence-corrected chi connectivity index (χ3v) is 8.16. The number of nitrogens with one attached hydrogen (secondary N) is 1. The molecule has 11 heteroatoms. The summed E-state index contributed by atoms with van der Waals surface area (Å²) in [5, 5.41) is 3.10. The molecule has 2 fully saturated rings. The van der Waals surface area contributed by atoms with Gasteiger partial charge in [0.25, 0.3) is 5.91 Å². The zero-order chi connectivity index (χ0) is 22.7. The first kappa shape index (κ1) is 23.3. The van der Waals surface area contributed by atoms with Gasteiger partial charge in [0, 0.05) is 32.4 Å². The number of pyridine rings is 1. The molecule has 0 bridgehead atoms. The van der Waals surface area contributed by atoms with Gasteiger partial charge in [0.15, 0.2) is 0 Å². The number of amides is 1. The Morgan fingerprint density at radius 1 is 1.03 bits per heavy atom. The Morgan fingerprint density at radius 3 is 2.44 bits per heavy atom. The van der Waals surface area contributed by atoms with E-state index in [1.165, 1.54) is 22.6 Å². The van der Waals surface area contributed by atoms with E-state index in [2.05, 4.69) is 15.2 Å². The van der Waals surface area contributed by atoms with Crippen LogP contribution in [0.1, 0.15) is 29.6 Å². The Bertz CT molecular complexity index is 1100. The third kappa shape index (κ3) is 5.02. The second-order valence-electron chi connectivity index (χ2n) is 7.69. The molecular weight excluding hydrogens is 475 g/mol. The van der Waals surface area contributed by atoms with Gasteiger partial charge in [0.05, 0.1) is 40.1 Å². The van der Waals surface area contributed by atoms with Crippen molar-refractivity contribution in [3.05, 3.63) is 46.2 Å². The van der Waals surface area contributed by atoms with Gasteiger partial charge in [-0.2, -0.15) is 4.31 Å². The van der Waals surface area contributed by atoms with Crippen molar-refractivity contribution in [2.24, 2.45) is 0 Å². The maximum Gasteiger partial charge on any atom is 0.257 e. The summed E-state index contributed by atoms with van der Waals surface area (Å²) in [5.41, 5.74) is 1.35. The lowest BCUT2D eigenvalue weighted by atomic mass is 10.2. The minimum Gasteiger partial charge on any atom is -0.378 e. The lowest BCUT2D eigenvalue weighted by Crippen LogP contribution is -2.37. The summed E-state index contributed by atoms with van der Waals surface area (Å²) in [6.45, 7) is 3.38. The van der Waals surface area contributed by atoms with Gasteiger partial charge in [-0.15, -0.1) is 0 Å². The standard InChI is InChI=1S/C21H24Cl2N4O4S/c22-17-12-15(14-24-20(17)23)21(28)25-18-13-16(32(29,30)27-6-2-1-3-7-27)4-5-19(18)26-8-10-31-11-9-26/h4-5,12-14H,1-3,6-11H2,(H,25,28). The molecule has 1 amide bonds. The molecule has 32 heavy (non-hydrogen) atoms. The fourth-order valence-electron chi connectivity index (χ4n) is 3.85. The Labute approximate surface area is 197 Å². The highest BCUT2D eigenvalue weighted by Crippen LogP contribution is 2.32. The quantitative estimate of drug-likeness (QED) is 0.632. The van der Waals surface area contributed by atoms with E-state index in [0.717, 1.165) is 24.9 Å². The number of rotatable bonds is 5. The number of sulfonamides is 1. The van der Waals surface area contributed by atoms with Crippen molar-refractivity contribution >= 4 is 50.5 Å². The van der Waals surface area contributed by atoms with Gasteiger partial charge in [-0.3, -0.25) is 4.79 Å². The Kier molecular flexibility index (Phi) is 7.21. The molecule has 0 atom stereocenters. The molecule has 1 aromatic carbocycles. The number of carbonyl (C=O) groups excluding carboxylic acids is 1. The molecule has 0 saturated carbocycles. The molecule has 0 radical (unpaired) electrons. The number of carbonyl (C=O) groups is 1. The fourth-order valence-corrected chi connectivity index (χ4v) is 5.66. The van der Waals surface area contributed by atoms with Gasteiger partial charge in [-0.05, 0) is 37.1 Å². The van der Waals surface area contributed by atoms with Crippen molar-refractivity contribution in [2.75, 3.05) is 49.6 Å². The number of aromatic nitrogens is 1. The molecule has 0 unspecified atom stereocenters. The van der Waals surface area contributed by atoms with E-state index >= 15 is 0 Å². The molecule has 2 aliphatic rings. The summed E-state index contributed by atoms with van der Waals surface area (Å²) in [6, 6.07) is 6.29. The first-order valence-corrected chi connectivity index (χ1v) is 12.6. The van der Waals surface area contributed by atoms with Crippen LogP contribution in [-0.4, -0.2) is 63.0 Å². The molecule has 2 saturated heterocycles. The van der Waals surface area contributed by atoms with Crippen LogP contribution >= 0.6 is 23.2 Å². The van der Waals surface area contributed by atoms with Crippen LogP contribution in [0.2, 0.25) is 10.2 Å². The van der Waals surface area contributed by atoms with Crippen LogP contribution in [0.25, 0.3) is 0 Å². The molecule has 8 nitrogen and oxygen atoms in total. The van der Waals surface area contributed by atoms with E-state index in [-0.39, 0.29) is 20.6 Å². The average molecular weight is 499 g/mol. The maximum absolute atomic E-state index is 13.2. The fraction of sp³-hybridized carbons (Fsp3) is 0.429. The van der Waals surface area contributed by atoms with E-state index < -0.39 is 15.9 Å². The number of nitrogens with zero attached hydrogens (tertiary/aromatic N) is 3. The Morgan fingerprint density at radius 2 is 1.75 bits per heavy atom. The first-order valence-electron chi connectivity index (χ1n) is 10.5. The zero-order valence-corrected chi connectivity index (χ0v) is 19.7. The van der Waals surface area contributed by atoms with Crippen LogP contribution in [0.5, 0.6) is 0 Å². The second-order valence-corrected chi connectivity index (χ2v) is 10.4. The molecule has 0 spiro atoms. The molecular formula is C21H24Cl2N4O4S.